The van der Waals surface area contributed by atoms with E-state index < -0.39 is 0 Å². The number of hydrogen-bond donors (Lipinski definition) is 4. The normalized spacial score (nSPS) is 15.7. The van der Waals surface area contributed by atoms with Gasteiger partial charge in [-0.05, 0) is 48.2 Å². The molecule has 2 heterocycles. The predicted molar refractivity (Wildman–Crippen MR) is 108 cm³/mol. The third kappa shape index (κ3) is 4.33. The number of benzene rings is 2. The van der Waals surface area contributed by atoms with Crippen LogP contribution >= 0.6 is 0 Å². The van der Waals surface area contributed by atoms with Crippen LogP contribution in [-0.4, -0.2) is 38.1 Å². The molecule has 0 atom stereocenters. The second kappa shape index (κ2) is 7.91. The van der Waals surface area contributed by atoms with Crippen molar-refractivity contribution in [1.29, 1.82) is 0 Å². The van der Waals surface area contributed by atoms with Gasteiger partial charge in [0, 0.05) is 24.5 Å². The Labute approximate surface area is 153 Å². The van der Waals surface area contributed by atoms with Gasteiger partial charge in [0.1, 0.15) is 0 Å². The van der Waals surface area contributed by atoms with E-state index in [0.717, 1.165) is 62.3 Å². The zero-order valence-electron chi connectivity index (χ0n) is 14.8. The predicted octanol–water partition coefficient (Wildman–Crippen LogP) is 2.21. The van der Waals surface area contributed by atoms with E-state index >= 15 is 0 Å². The summed E-state index contributed by atoms with van der Waals surface area (Å²) >= 11 is 0. The Bertz CT molecular complexity index is 723. The Balaban J connectivity index is 1.28. The molecule has 0 saturated heterocycles. The van der Waals surface area contributed by atoms with E-state index in [4.69, 9.17) is 0 Å². The zero-order valence-corrected chi connectivity index (χ0v) is 14.8. The van der Waals surface area contributed by atoms with Crippen LogP contribution in [0.25, 0.3) is 0 Å². The summed E-state index contributed by atoms with van der Waals surface area (Å²) < 4.78 is 0. The molecule has 4 rings (SSSR count). The van der Waals surface area contributed by atoms with Crippen molar-refractivity contribution < 1.29 is 0 Å². The second-order valence-corrected chi connectivity index (χ2v) is 6.46. The topological polar surface area (TPSA) is 72.8 Å². The second-order valence-electron chi connectivity index (χ2n) is 6.46. The first-order valence-corrected chi connectivity index (χ1v) is 9.14. The Morgan fingerprint density at radius 2 is 1.08 bits per heavy atom. The monoisotopic (exact) mass is 348 g/mol. The van der Waals surface area contributed by atoms with Crippen LogP contribution in [0.4, 0.5) is 11.4 Å². The molecule has 0 aliphatic carbocycles. The van der Waals surface area contributed by atoms with E-state index in [-0.39, 0.29) is 0 Å². The Morgan fingerprint density at radius 3 is 1.42 bits per heavy atom. The third-order valence-electron chi connectivity index (χ3n) is 4.48. The van der Waals surface area contributed by atoms with Gasteiger partial charge in [-0.2, -0.15) is 0 Å². The quantitative estimate of drug-likeness (QED) is 0.669. The van der Waals surface area contributed by atoms with Crippen LogP contribution < -0.4 is 21.3 Å². The van der Waals surface area contributed by atoms with E-state index in [1.54, 1.807) is 0 Å². The van der Waals surface area contributed by atoms with E-state index in [1.165, 1.54) is 11.1 Å². The molecule has 4 N–H and O–H groups in total. The zero-order chi connectivity index (χ0) is 17.6. The number of aryl methyl sites for hydroxylation is 2. The van der Waals surface area contributed by atoms with Gasteiger partial charge in [-0.1, -0.05) is 24.3 Å². The van der Waals surface area contributed by atoms with Crippen LogP contribution in [0.15, 0.2) is 58.5 Å². The molecule has 26 heavy (non-hydrogen) atoms. The number of anilines is 2. The molecule has 0 radical (unpaired) electrons. The van der Waals surface area contributed by atoms with Crippen LogP contribution in [0.1, 0.15) is 11.1 Å². The van der Waals surface area contributed by atoms with E-state index in [9.17, 15) is 0 Å². The SMILES string of the molecule is c1cc(NC2=NCCN2)ccc1CCc1ccc(NC2=NCCN2)cc1. The molecule has 134 valence electrons. The standard InChI is InChI=1S/C20H24N6/c1(15-3-7-17(8-4-15)25-19-21-11-12-22-19)2-16-5-9-18(10-6-16)26-20-23-13-14-24-20/h3-10H,1-2,11-14H2,(H2,21,22,25)(H2,23,24,26). The number of nitrogens with zero attached hydrogens (tertiary/aromatic N) is 2. The van der Waals surface area contributed by atoms with Gasteiger partial charge in [-0.25, -0.2) is 0 Å². The van der Waals surface area contributed by atoms with Crippen molar-refractivity contribution in [2.75, 3.05) is 36.8 Å². The van der Waals surface area contributed by atoms with Crippen LogP contribution in [0.2, 0.25) is 0 Å². The molecule has 0 fully saturated rings. The highest BCUT2D eigenvalue weighted by Gasteiger charge is 2.06. The minimum absolute atomic E-state index is 0.847. The fourth-order valence-electron chi connectivity index (χ4n) is 3.03. The maximum absolute atomic E-state index is 4.35. The molecule has 6 heteroatoms. The molecular weight excluding hydrogens is 324 g/mol. The summed E-state index contributed by atoms with van der Waals surface area (Å²) in [7, 11) is 0. The first kappa shape index (κ1) is 16.4. The summed E-state index contributed by atoms with van der Waals surface area (Å²) in [6.45, 7) is 3.53. The average Bonchev–Trinajstić information content (AvgIpc) is 3.37. The lowest BCUT2D eigenvalue weighted by atomic mass is 10.0. The largest absolute Gasteiger partial charge is 0.354 e. The van der Waals surface area contributed by atoms with E-state index in [0.29, 0.717) is 0 Å². The van der Waals surface area contributed by atoms with Gasteiger partial charge in [0.05, 0.1) is 13.1 Å². The van der Waals surface area contributed by atoms with Crippen LogP contribution in [0.3, 0.4) is 0 Å². The fraction of sp³-hybridized carbons (Fsp3) is 0.300. The highest BCUT2D eigenvalue weighted by atomic mass is 15.2. The highest BCUT2D eigenvalue weighted by molar-refractivity contribution is 5.95. The van der Waals surface area contributed by atoms with Crippen molar-refractivity contribution in [3.63, 3.8) is 0 Å². The smallest absolute Gasteiger partial charge is 0.195 e. The maximum atomic E-state index is 4.35. The molecular formula is C20H24N6. The van der Waals surface area contributed by atoms with Gasteiger partial charge in [-0.3, -0.25) is 9.98 Å². The summed E-state index contributed by atoms with van der Waals surface area (Å²) in [6.07, 6.45) is 2.06. The lowest BCUT2D eigenvalue weighted by Crippen LogP contribution is -2.26. The fourth-order valence-corrected chi connectivity index (χ4v) is 3.03. The minimum atomic E-state index is 0.847. The lowest BCUT2D eigenvalue weighted by molar-refractivity contribution is 0.957. The summed E-state index contributed by atoms with van der Waals surface area (Å²) in [6, 6.07) is 17.2. The minimum Gasteiger partial charge on any atom is -0.354 e. The number of rotatable bonds is 5. The van der Waals surface area contributed by atoms with Gasteiger partial charge >= 0.3 is 0 Å². The molecule has 2 aliphatic rings. The number of guanidine groups is 2. The third-order valence-corrected chi connectivity index (χ3v) is 4.48. The number of nitrogens with one attached hydrogen (secondary N) is 4. The lowest BCUT2D eigenvalue weighted by Gasteiger charge is -2.09. The average molecular weight is 348 g/mol. The molecule has 0 saturated carbocycles. The van der Waals surface area contributed by atoms with Gasteiger partial charge in [-0.15, -0.1) is 0 Å². The summed E-state index contributed by atoms with van der Waals surface area (Å²) in [4.78, 5) is 8.69. The van der Waals surface area contributed by atoms with Crippen molar-refractivity contribution >= 4 is 23.3 Å². The number of hydrogen-bond acceptors (Lipinski definition) is 6. The Kier molecular flexibility index (Phi) is 5.00. The summed E-state index contributed by atoms with van der Waals surface area (Å²) in [5, 5.41) is 13.0. The first-order chi connectivity index (χ1) is 12.8. The van der Waals surface area contributed by atoms with Crippen molar-refractivity contribution in [3.05, 3.63) is 59.7 Å². The van der Waals surface area contributed by atoms with Crippen molar-refractivity contribution in [1.82, 2.24) is 10.6 Å². The van der Waals surface area contributed by atoms with Crippen LogP contribution in [0, 0.1) is 0 Å². The van der Waals surface area contributed by atoms with E-state index in [1.807, 2.05) is 0 Å². The molecule has 0 unspecified atom stereocenters. The summed E-state index contributed by atoms with van der Waals surface area (Å²) in [5.74, 6) is 1.73. The molecule has 0 aromatic heterocycles. The van der Waals surface area contributed by atoms with Gasteiger partial charge in [0.2, 0.25) is 0 Å². The summed E-state index contributed by atoms with van der Waals surface area (Å²) in [5.41, 5.74) is 4.81. The van der Waals surface area contributed by atoms with Crippen molar-refractivity contribution in [2.24, 2.45) is 9.98 Å². The Morgan fingerprint density at radius 1 is 0.654 bits per heavy atom. The molecule has 2 aromatic carbocycles. The van der Waals surface area contributed by atoms with Crippen LogP contribution in [-0.2, 0) is 12.8 Å². The maximum Gasteiger partial charge on any atom is 0.195 e. The van der Waals surface area contributed by atoms with Crippen molar-refractivity contribution in [2.45, 2.75) is 12.8 Å². The highest BCUT2D eigenvalue weighted by Crippen LogP contribution is 2.15. The molecule has 0 amide bonds. The molecule has 0 bridgehead atoms. The van der Waals surface area contributed by atoms with Gasteiger partial charge < -0.3 is 21.3 Å². The molecule has 2 aliphatic heterocycles. The first-order valence-electron chi connectivity index (χ1n) is 9.14. The van der Waals surface area contributed by atoms with Crippen LogP contribution in [0.5, 0.6) is 0 Å². The Hall–Kier alpha value is -3.02. The van der Waals surface area contributed by atoms with Gasteiger partial charge in [0.15, 0.2) is 11.9 Å². The van der Waals surface area contributed by atoms with Gasteiger partial charge in [0.25, 0.3) is 0 Å². The van der Waals surface area contributed by atoms with Crippen molar-refractivity contribution in [3.8, 4) is 0 Å². The molecule has 2 aromatic rings. The molecule has 6 nitrogen and oxygen atoms in total. The molecule has 0 spiro atoms. The van der Waals surface area contributed by atoms with E-state index in [2.05, 4.69) is 79.8 Å². The number of aliphatic imine (C=N–C) groups is 2.